The maximum Gasteiger partial charge on any atom is 0.317 e. The number of carbonyl (C=O) groups is 1. The van der Waals surface area contributed by atoms with Crippen LogP contribution in [-0.2, 0) is 0 Å². The van der Waals surface area contributed by atoms with Gasteiger partial charge in [-0.15, -0.1) is 0 Å². The van der Waals surface area contributed by atoms with Gasteiger partial charge in [0.25, 0.3) is 0 Å². The highest BCUT2D eigenvalue weighted by Crippen LogP contribution is 2.21. The van der Waals surface area contributed by atoms with Crippen molar-refractivity contribution >= 4 is 6.03 Å². The lowest BCUT2D eigenvalue weighted by Crippen LogP contribution is -2.39. The lowest BCUT2D eigenvalue weighted by Gasteiger charge is -2.22. The maximum atomic E-state index is 13.6. The Labute approximate surface area is 125 Å². The smallest absolute Gasteiger partial charge is 0.317 e. The van der Waals surface area contributed by atoms with Crippen LogP contribution in [0.5, 0.6) is 0 Å². The van der Waals surface area contributed by atoms with E-state index in [1.165, 1.54) is 0 Å². The van der Waals surface area contributed by atoms with Crippen molar-refractivity contribution in [2.75, 3.05) is 19.7 Å². The van der Waals surface area contributed by atoms with Gasteiger partial charge in [-0.05, 0) is 43.9 Å². The minimum absolute atomic E-state index is 0.121. The molecule has 1 aliphatic heterocycles. The van der Waals surface area contributed by atoms with Crippen molar-refractivity contribution in [3.05, 3.63) is 34.6 Å². The number of benzene rings is 1. The van der Waals surface area contributed by atoms with E-state index in [1.807, 2.05) is 6.92 Å². The number of nitrogens with one attached hydrogen (secondary N) is 1. The van der Waals surface area contributed by atoms with Crippen LogP contribution in [0.3, 0.4) is 0 Å². The van der Waals surface area contributed by atoms with Crippen molar-refractivity contribution in [3.8, 4) is 0 Å². The van der Waals surface area contributed by atoms with E-state index in [0.29, 0.717) is 24.2 Å². The highest BCUT2D eigenvalue weighted by molar-refractivity contribution is 5.75. The van der Waals surface area contributed by atoms with E-state index in [1.54, 1.807) is 30.9 Å². The summed E-state index contributed by atoms with van der Waals surface area (Å²) in [6, 6.07) is 3.24. The fourth-order valence-electron chi connectivity index (χ4n) is 2.76. The minimum Gasteiger partial charge on any atom is -0.396 e. The van der Waals surface area contributed by atoms with Crippen LogP contribution in [0.25, 0.3) is 0 Å². The molecule has 0 spiro atoms. The highest BCUT2D eigenvalue weighted by Gasteiger charge is 2.26. The van der Waals surface area contributed by atoms with Gasteiger partial charge in [0.05, 0.1) is 6.04 Å². The second-order valence-electron chi connectivity index (χ2n) is 5.92. The van der Waals surface area contributed by atoms with Gasteiger partial charge < -0.3 is 15.3 Å². The molecule has 1 saturated heterocycles. The van der Waals surface area contributed by atoms with E-state index in [2.05, 4.69) is 5.32 Å². The van der Waals surface area contributed by atoms with Gasteiger partial charge in [-0.2, -0.15) is 0 Å². The molecule has 2 rings (SSSR count). The van der Waals surface area contributed by atoms with Crippen molar-refractivity contribution in [2.45, 2.75) is 33.2 Å². The summed E-state index contributed by atoms with van der Waals surface area (Å²) < 4.78 is 13.6. The molecule has 0 bridgehead atoms. The number of halogens is 1. The van der Waals surface area contributed by atoms with Gasteiger partial charge in [-0.1, -0.05) is 12.1 Å². The molecule has 0 aromatic heterocycles. The number of aliphatic hydroxyl groups is 1. The Bertz CT molecular complexity index is 510. The van der Waals surface area contributed by atoms with Gasteiger partial charge in [-0.25, -0.2) is 9.18 Å². The molecular formula is C16H23FN2O2. The van der Waals surface area contributed by atoms with Crippen LogP contribution >= 0.6 is 0 Å². The van der Waals surface area contributed by atoms with Crippen LogP contribution in [-0.4, -0.2) is 35.7 Å². The van der Waals surface area contributed by atoms with Gasteiger partial charge in [0.2, 0.25) is 0 Å². The van der Waals surface area contributed by atoms with Gasteiger partial charge >= 0.3 is 6.03 Å². The summed E-state index contributed by atoms with van der Waals surface area (Å²) in [7, 11) is 0. The van der Waals surface area contributed by atoms with E-state index >= 15 is 0 Å². The number of aliphatic hydroxyl groups excluding tert-OH is 1. The summed E-state index contributed by atoms with van der Waals surface area (Å²) in [5, 5.41) is 12.1. The topological polar surface area (TPSA) is 52.6 Å². The molecule has 1 heterocycles. The molecule has 5 heteroatoms. The third kappa shape index (κ3) is 3.53. The van der Waals surface area contributed by atoms with Crippen LogP contribution in [0.4, 0.5) is 9.18 Å². The molecule has 2 amide bonds. The van der Waals surface area contributed by atoms with Crippen LogP contribution in [0.2, 0.25) is 0 Å². The van der Waals surface area contributed by atoms with E-state index in [0.717, 1.165) is 12.0 Å². The monoisotopic (exact) mass is 294 g/mol. The molecule has 4 nitrogen and oxygen atoms in total. The van der Waals surface area contributed by atoms with E-state index in [-0.39, 0.29) is 30.4 Å². The zero-order valence-corrected chi connectivity index (χ0v) is 12.8. The maximum absolute atomic E-state index is 13.6. The molecule has 1 aromatic rings. The summed E-state index contributed by atoms with van der Waals surface area (Å²) in [5.41, 5.74) is 2.08. The number of carbonyl (C=O) groups excluding carboxylic acids is 1. The zero-order valence-electron chi connectivity index (χ0n) is 12.8. The predicted octanol–water partition coefficient (Wildman–Crippen LogP) is 2.53. The number of urea groups is 1. The van der Waals surface area contributed by atoms with Crippen molar-refractivity contribution in [3.63, 3.8) is 0 Å². The lowest BCUT2D eigenvalue weighted by atomic mass is 10.0. The van der Waals surface area contributed by atoms with E-state index in [9.17, 15) is 9.18 Å². The first-order valence-electron chi connectivity index (χ1n) is 7.35. The molecule has 0 radical (unpaired) electrons. The molecule has 2 unspecified atom stereocenters. The van der Waals surface area contributed by atoms with E-state index in [4.69, 9.17) is 5.11 Å². The lowest BCUT2D eigenvalue weighted by molar-refractivity contribution is 0.195. The second kappa shape index (κ2) is 6.43. The number of hydrogen-bond donors (Lipinski definition) is 2. The molecule has 2 N–H and O–H groups in total. The van der Waals surface area contributed by atoms with Gasteiger partial charge in [-0.3, -0.25) is 0 Å². The van der Waals surface area contributed by atoms with Crippen molar-refractivity contribution < 1.29 is 14.3 Å². The molecule has 1 aromatic carbocycles. The van der Waals surface area contributed by atoms with Crippen LogP contribution in [0.15, 0.2) is 12.1 Å². The van der Waals surface area contributed by atoms with Crippen molar-refractivity contribution in [1.29, 1.82) is 0 Å². The summed E-state index contributed by atoms with van der Waals surface area (Å²) in [4.78, 5) is 13.9. The summed E-state index contributed by atoms with van der Waals surface area (Å²) >= 11 is 0. The summed E-state index contributed by atoms with van der Waals surface area (Å²) in [6.45, 7) is 6.74. The molecule has 1 aliphatic rings. The van der Waals surface area contributed by atoms with Gasteiger partial charge in [0.15, 0.2) is 0 Å². The zero-order chi connectivity index (χ0) is 15.6. The average molecular weight is 294 g/mol. The molecule has 1 fully saturated rings. The minimum atomic E-state index is -0.192. The number of amides is 2. The first kappa shape index (κ1) is 15.8. The Morgan fingerprint density at radius 1 is 1.48 bits per heavy atom. The Morgan fingerprint density at radius 3 is 2.62 bits per heavy atom. The van der Waals surface area contributed by atoms with Crippen LogP contribution in [0, 0.1) is 25.6 Å². The number of nitrogens with zero attached hydrogens (tertiary/aromatic N) is 1. The van der Waals surface area contributed by atoms with Crippen molar-refractivity contribution in [1.82, 2.24) is 10.2 Å². The first-order valence-corrected chi connectivity index (χ1v) is 7.35. The Hall–Kier alpha value is -1.62. The molecular weight excluding hydrogens is 271 g/mol. The first-order chi connectivity index (χ1) is 9.92. The fraction of sp³-hybridized carbons (Fsp3) is 0.562. The van der Waals surface area contributed by atoms with Gasteiger partial charge in [0.1, 0.15) is 5.82 Å². The highest BCUT2D eigenvalue weighted by atomic mass is 19.1. The molecule has 0 aliphatic carbocycles. The normalized spacial score (nSPS) is 19.7. The molecule has 21 heavy (non-hydrogen) atoms. The second-order valence-corrected chi connectivity index (χ2v) is 5.92. The number of aryl methyl sites for hydroxylation is 2. The summed E-state index contributed by atoms with van der Waals surface area (Å²) in [5.74, 6) is -0.0102. The Morgan fingerprint density at radius 2 is 2.10 bits per heavy atom. The average Bonchev–Trinajstić information content (AvgIpc) is 2.93. The number of hydrogen-bond acceptors (Lipinski definition) is 2. The third-order valence-electron chi connectivity index (χ3n) is 4.13. The standard InChI is InChI=1S/C16H23FN2O2/c1-10-6-14(7-11(2)15(10)17)12(3)18-16(21)19-5-4-13(8-19)9-20/h6-7,12-13,20H,4-5,8-9H2,1-3H3,(H,18,21). The largest absolute Gasteiger partial charge is 0.396 e. The molecule has 0 saturated carbocycles. The van der Waals surface area contributed by atoms with E-state index < -0.39 is 0 Å². The predicted molar refractivity (Wildman–Crippen MR) is 79.6 cm³/mol. The Balaban J connectivity index is 2.01. The molecule has 2 atom stereocenters. The summed E-state index contributed by atoms with van der Waals surface area (Å²) in [6.07, 6.45) is 0.840. The SMILES string of the molecule is Cc1cc(C(C)NC(=O)N2CCC(CO)C2)cc(C)c1F. The van der Waals surface area contributed by atoms with Gasteiger partial charge in [0, 0.05) is 25.6 Å². The van der Waals surface area contributed by atoms with Crippen LogP contribution in [0.1, 0.15) is 36.1 Å². The Kier molecular flexibility index (Phi) is 4.83. The van der Waals surface area contributed by atoms with Crippen LogP contribution < -0.4 is 5.32 Å². The number of likely N-dealkylation sites (tertiary alicyclic amines) is 1. The quantitative estimate of drug-likeness (QED) is 0.900. The third-order valence-corrected chi connectivity index (χ3v) is 4.13. The van der Waals surface area contributed by atoms with Crippen molar-refractivity contribution in [2.24, 2.45) is 5.92 Å². The number of rotatable bonds is 3. The molecule has 116 valence electrons. The fourth-order valence-corrected chi connectivity index (χ4v) is 2.76.